The summed E-state index contributed by atoms with van der Waals surface area (Å²) in [5.74, 6) is -0.937. The largest absolute Gasteiger partial charge is 0.478 e. The predicted octanol–water partition coefficient (Wildman–Crippen LogP) is 3.64. The molecule has 0 saturated carbocycles. The molecule has 5 nitrogen and oxygen atoms in total. The highest BCUT2D eigenvalue weighted by atomic mass is 16.4. The fraction of sp³-hybridized carbons (Fsp3) is 0.231. The van der Waals surface area contributed by atoms with Gasteiger partial charge in [-0.1, -0.05) is 17.2 Å². The number of carbonyl (C=O) groups is 1. The van der Waals surface area contributed by atoms with E-state index in [-0.39, 0.29) is 5.56 Å². The number of carboxylic acids is 1. The Morgan fingerprint density at radius 1 is 1.44 bits per heavy atom. The fourth-order valence-corrected chi connectivity index (χ4v) is 1.34. The highest BCUT2D eigenvalue weighted by Gasteiger charge is 2.01. The van der Waals surface area contributed by atoms with Crippen molar-refractivity contribution in [1.82, 2.24) is 0 Å². The Morgan fingerprint density at radius 3 is 2.61 bits per heavy atom. The molecule has 1 aromatic rings. The molecule has 1 N–H and O–H groups in total. The van der Waals surface area contributed by atoms with Crippen LogP contribution in [0.5, 0.6) is 0 Å². The Bertz CT molecular complexity index is 534. The zero-order chi connectivity index (χ0) is 13.4. The molecular weight excluding hydrogens is 230 g/mol. The molecule has 0 aromatic heterocycles. The van der Waals surface area contributed by atoms with Crippen molar-refractivity contribution in [3.8, 4) is 0 Å². The normalized spacial score (nSPS) is 8.94. The summed E-state index contributed by atoms with van der Waals surface area (Å²) in [6.45, 7) is 2.30. The van der Waals surface area contributed by atoms with Gasteiger partial charge in [0.1, 0.15) is 0 Å². The minimum Gasteiger partial charge on any atom is -0.478 e. The van der Waals surface area contributed by atoms with Crippen LogP contribution in [0.2, 0.25) is 0 Å². The van der Waals surface area contributed by atoms with Gasteiger partial charge in [-0.3, -0.25) is 0 Å². The summed E-state index contributed by atoms with van der Waals surface area (Å²) in [4.78, 5) is 13.3. The van der Waals surface area contributed by atoms with Crippen LogP contribution < -0.4 is 0 Å². The van der Waals surface area contributed by atoms with Gasteiger partial charge < -0.3 is 5.11 Å². The average molecular weight is 243 g/mol. The number of nitrogens with zero attached hydrogens (tertiary/aromatic N) is 3. The number of hydrogen-bond acceptors (Lipinski definition) is 2. The van der Waals surface area contributed by atoms with E-state index in [9.17, 15) is 4.79 Å². The molecule has 0 radical (unpaired) electrons. The second-order valence-electron chi connectivity index (χ2n) is 3.60. The standard InChI is InChI=1S/C13H13N3O2/c1-10(4-2-3-9-15-16-14)11-5-7-12(8-6-11)13(17)18/h2,5-8H,3,9H2,1H3,(H,17,18). The molecule has 0 saturated heterocycles. The van der Waals surface area contributed by atoms with Crippen LogP contribution in [0.1, 0.15) is 29.3 Å². The van der Waals surface area contributed by atoms with Crippen molar-refractivity contribution in [1.29, 1.82) is 0 Å². The smallest absolute Gasteiger partial charge is 0.335 e. The van der Waals surface area contributed by atoms with Crippen LogP contribution >= 0.6 is 0 Å². The minimum atomic E-state index is -0.937. The molecule has 0 spiro atoms. The first-order chi connectivity index (χ1) is 8.65. The Balaban J connectivity index is 2.77. The van der Waals surface area contributed by atoms with E-state index in [0.29, 0.717) is 13.0 Å². The van der Waals surface area contributed by atoms with Crippen molar-refractivity contribution in [2.75, 3.05) is 6.54 Å². The van der Waals surface area contributed by atoms with Crippen LogP contribution in [-0.2, 0) is 0 Å². The summed E-state index contributed by atoms with van der Waals surface area (Å²) in [7, 11) is 0. The summed E-state index contributed by atoms with van der Waals surface area (Å²) < 4.78 is 0. The van der Waals surface area contributed by atoms with Gasteiger partial charge in [0.25, 0.3) is 0 Å². The molecule has 5 heteroatoms. The minimum absolute atomic E-state index is 0.263. The number of benzene rings is 1. The first-order valence-corrected chi connectivity index (χ1v) is 5.41. The van der Waals surface area contributed by atoms with Gasteiger partial charge in [-0.25, -0.2) is 4.79 Å². The van der Waals surface area contributed by atoms with E-state index in [2.05, 4.69) is 15.8 Å². The molecule has 0 unspecified atom stereocenters. The van der Waals surface area contributed by atoms with E-state index in [1.807, 2.05) is 6.92 Å². The molecule has 1 rings (SSSR count). The fourth-order valence-electron chi connectivity index (χ4n) is 1.34. The summed E-state index contributed by atoms with van der Waals surface area (Å²) in [5, 5.41) is 12.2. The van der Waals surface area contributed by atoms with E-state index in [1.54, 1.807) is 30.3 Å². The lowest BCUT2D eigenvalue weighted by Crippen LogP contribution is -1.95. The van der Waals surface area contributed by atoms with E-state index >= 15 is 0 Å². The molecule has 0 amide bonds. The van der Waals surface area contributed by atoms with Gasteiger partial charge in [0.15, 0.2) is 0 Å². The molecule has 18 heavy (non-hydrogen) atoms. The van der Waals surface area contributed by atoms with Crippen molar-refractivity contribution in [3.05, 3.63) is 57.6 Å². The molecule has 0 aliphatic heterocycles. The Hall–Kier alpha value is -2.48. The third-order valence-electron chi connectivity index (χ3n) is 2.32. The maximum Gasteiger partial charge on any atom is 0.335 e. The molecule has 0 fully saturated rings. The molecule has 0 aliphatic rings. The van der Waals surface area contributed by atoms with Gasteiger partial charge in [0.05, 0.1) is 5.56 Å². The Labute approximate surface area is 105 Å². The molecule has 1 aromatic carbocycles. The number of hydrogen-bond donors (Lipinski definition) is 1. The molecule has 92 valence electrons. The van der Waals surface area contributed by atoms with Crippen molar-refractivity contribution in [2.45, 2.75) is 13.3 Å². The monoisotopic (exact) mass is 243 g/mol. The molecule has 0 aliphatic carbocycles. The lowest BCUT2D eigenvalue weighted by Gasteiger charge is -1.99. The third-order valence-corrected chi connectivity index (χ3v) is 2.32. The first-order valence-electron chi connectivity index (χ1n) is 5.41. The molecule has 0 heterocycles. The number of rotatable bonds is 5. The van der Waals surface area contributed by atoms with Gasteiger partial charge in [-0.2, -0.15) is 0 Å². The molecular formula is C13H13N3O2. The zero-order valence-corrected chi connectivity index (χ0v) is 10.00. The van der Waals surface area contributed by atoms with Gasteiger partial charge in [-0.15, -0.1) is 5.73 Å². The molecule has 0 atom stereocenters. The van der Waals surface area contributed by atoms with E-state index in [1.165, 1.54) is 0 Å². The summed E-state index contributed by atoms with van der Waals surface area (Å²) in [6, 6.07) is 6.60. The topological polar surface area (TPSA) is 86.1 Å². The molecule has 0 bridgehead atoms. The predicted molar refractivity (Wildman–Crippen MR) is 69.2 cm³/mol. The Morgan fingerprint density at radius 2 is 2.06 bits per heavy atom. The van der Waals surface area contributed by atoms with E-state index in [0.717, 1.165) is 11.1 Å². The summed E-state index contributed by atoms with van der Waals surface area (Å²) in [6.07, 6.45) is 2.43. The average Bonchev–Trinajstić information content (AvgIpc) is 2.38. The van der Waals surface area contributed by atoms with Crippen molar-refractivity contribution in [3.63, 3.8) is 0 Å². The van der Waals surface area contributed by atoms with Gasteiger partial charge in [0, 0.05) is 11.5 Å². The maximum absolute atomic E-state index is 10.7. The Kier molecular flexibility index (Phi) is 5.26. The lowest BCUT2D eigenvalue weighted by molar-refractivity contribution is 0.0697. The number of azide groups is 1. The highest BCUT2D eigenvalue weighted by molar-refractivity contribution is 5.88. The lowest BCUT2D eigenvalue weighted by atomic mass is 10.1. The number of carboxylic acid groups (broad SMARTS) is 1. The summed E-state index contributed by atoms with van der Waals surface area (Å²) in [5.41, 5.74) is 13.3. The zero-order valence-electron chi connectivity index (χ0n) is 10.00. The summed E-state index contributed by atoms with van der Waals surface area (Å²) >= 11 is 0. The van der Waals surface area contributed by atoms with Crippen LogP contribution in [0.3, 0.4) is 0 Å². The second-order valence-corrected chi connectivity index (χ2v) is 3.60. The van der Waals surface area contributed by atoms with Gasteiger partial charge in [-0.05, 0) is 48.2 Å². The van der Waals surface area contributed by atoms with Crippen molar-refractivity contribution < 1.29 is 9.90 Å². The van der Waals surface area contributed by atoms with Crippen molar-refractivity contribution in [2.24, 2.45) is 5.11 Å². The highest BCUT2D eigenvalue weighted by Crippen LogP contribution is 2.13. The van der Waals surface area contributed by atoms with Crippen LogP contribution in [-0.4, -0.2) is 17.6 Å². The second kappa shape index (κ2) is 6.97. The van der Waals surface area contributed by atoms with E-state index in [4.69, 9.17) is 10.6 Å². The van der Waals surface area contributed by atoms with Crippen molar-refractivity contribution >= 4 is 11.5 Å². The van der Waals surface area contributed by atoms with Crippen LogP contribution in [0, 0.1) is 0 Å². The van der Waals surface area contributed by atoms with E-state index < -0.39 is 5.97 Å². The van der Waals surface area contributed by atoms with Gasteiger partial charge in [0.2, 0.25) is 0 Å². The maximum atomic E-state index is 10.7. The first kappa shape index (κ1) is 13.6. The van der Waals surface area contributed by atoms with Crippen LogP contribution in [0.15, 0.2) is 41.2 Å². The quantitative estimate of drug-likeness (QED) is 0.281. The SMILES string of the molecule is CC(=C=CCCN=[N+]=[N-])c1ccc(C(=O)O)cc1. The van der Waals surface area contributed by atoms with Crippen LogP contribution in [0.4, 0.5) is 0 Å². The van der Waals surface area contributed by atoms with Gasteiger partial charge >= 0.3 is 5.97 Å². The number of aromatic carboxylic acids is 1. The van der Waals surface area contributed by atoms with Crippen LogP contribution in [0.25, 0.3) is 16.0 Å². The third kappa shape index (κ3) is 4.18.